The zero-order valence-electron chi connectivity index (χ0n) is 6.76. The molecule has 72 valence electrons. The zero-order valence-corrected chi connectivity index (χ0v) is 7.91. The topological polar surface area (TPSA) is 101 Å². The van der Waals surface area contributed by atoms with Crippen LogP contribution in [0.25, 0.3) is 11.0 Å². The summed E-state index contributed by atoms with van der Waals surface area (Å²) in [6.07, 6.45) is 1.19. The highest BCUT2D eigenvalue weighted by Gasteiger charge is 2.18. The molecule has 0 bridgehead atoms. The summed E-state index contributed by atoms with van der Waals surface area (Å²) in [4.78, 5) is 28.1. The van der Waals surface area contributed by atoms with Gasteiger partial charge in [-0.2, -0.15) is 5.10 Å². The average molecular weight is 212 g/mol. The summed E-state index contributed by atoms with van der Waals surface area (Å²) in [5.41, 5.74) is -0.596. The van der Waals surface area contributed by atoms with E-state index in [1.165, 1.54) is 10.8 Å². The molecule has 0 saturated carbocycles. The van der Waals surface area contributed by atoms with Crippen LogP contribution in [0.1, 0.15) is 10.5 Å². The average Bonchev–Trinajstić information content (AvgIpc) is 2.46. The standard InChI is InChI=1S/C6H5N4O3P/c11-5-2-3(6(12)13)9-10(14)4(2)7-1-8-5/h1H,14H2,(H,12,13)(H,7,8,11). The van der Waals surface area contributed by atoms with E-state index in [0.29, 0.717) is 0 Å². The lowest BCUT2D eigenvalue weighted by molar-refractivity contribution is 0.0692. The van der Waals surface area contributed by atoms with Crippen molar-refractivity contribution in [3.63, 3.8) is 0 Å². The van der Waals surface area contributed by atoms with Crippen LogP contribution in [0.5, 0.6) is 0 Å². The minimum Gasteiger partial charge on any atom is -0.476 e. The number of aromatic carboxylic acids is 1. The molecule has 7 nitrogen and oxygen atoms in total. The first-order chi connectivity index (χ1) is 6.61. The third kappa shape index (κ3) is 1.10. The number of hydrogen-bond acceptors (Lipinski definition) is 4. The second-order valence-corrected chi connectivity index (χ2v) is 3.02. The van der Waals surface area contributed by atoms with Gasteiger partial charge in [0.05, 0.1) is 6.33 Å². The summed E-state index contributed by atoms with van der Waals surface area (Å²) >= 11 is 0. The van der Waals surface area contributed by atoms with Crippen molar-refractivity contribution in [2.45, 2.75) is 0 Å². The molecule has 2 rings (SSSR count). The summed E-state index contributed by atoms with van der Waals surface area (Å²) in [5.74, 6) is -1.25. The molecule has 0 spiro atoms. The van der Waals surface area contributed by atoms with Crippen molar-refractivity contribution in [2.24, 2.45) is 0 Å². The van der Waals surface area contributed by atoms with Gasteiger partial charge in [-0.15, -0.1) is 0 Å². The summed E-state index contributed by atoms with van der Waals surface area (Å²) < 4.78 is 1.17. The van der Waals surface area contributed by atoms with Gasteiger partial charge < -0.3 is 10.1 Å². The number of H-pyrrole nitrogens is 1. The maximum absolute atomic E-state index is 11.3. The Balaban J connectivity index is 3.00. The minimum atomic E-state index is -1.25. The van der Waals surface area contributed by atoms with Crippen molar-refractivity contribution in [3.05, 3.63) is 22.4 Å². The number of nitrogens with one attached hydrogen (secondary N) is 1. The van der Waals surface area contributed by atoms with Crippen LogP contribution in [-0.4, -0.2) is 30.6 Å². The number of nitrogens with zero attached hydrogens (tertiary/aromatic N) is 3. The Morgan fingerprint density at radius 3 is 3.00 bits per heavy atom. The number of aromatic nitrogens is 4. The monoisotopic (exact) mass is 212 g/mol. The maximum Gasteiger partial charge on any atom is 0.357 e. The van der Waals surface area contributed by atoms with Gasteiger partial charge in [-0.25, -0.2) is 14.2 Å². The third-order valence-electron chi connectivity index (χ3n) is 1.70. The van der Waals surface area contributed by atoms with Crippen molar-refractivity contribution in [2.75, 3.05) is 0 Å². The van der Waals surface area contributed by atoms with Crippen molar-refractivity contribution in [1.82, 2.24) is 19.5 Å². The largest absolute Gasteiger partial charge is 0.476 e. The van der Waals surface area contributed by atoms with Gasteiger partial charge in [-0.3, -0.25) is 4.79 Å². The Hall–Kier alpha value is -1.75. The van der Waals surface area contributed by atoms with Crippen molar-refractivity contribution >= 4 is 26.4 Å². The number of carboxylic acids is 1. The van der Waals surface area contributed by atoms with Crippen LogP contribution in [-0.2, 0) is 0 Å². The zero-order chi connectivity index (χ0) is 10.3. The number of hydrogen-bond donors (Lipinski definition) is 2. The fraction of sp³-hybridized carbons (Fsp3) is 0. The molecule has 2 aromatic heterocycles. The van der Waals surface area contributed by atoms with E-state index in [0.717, 1.165) is 0 Å². The van der Waals surface area contributed by atoms with E-state index in [2.05, 4.69) is 24.5 Å². The van der Waals surface area contributed by atoms with Crippen molar-refractivity contribution in [3.8, 4) is 0 Å². The van der Waals surface area contributed by atoms with Gasteiger partial charge in [0, 0.05) is 0 Å². The summed E-state index contributed by atoms with van der Waals surface area (Å²) in [5, 5.41) is 12.4. The molecule has 14 heavy (non-hydrogen) atoms. The molecule has 0 saturated heterocycles. The van der Waals surface area contributed by atoms with Gasteiger partial charge in [0.2, 0.25) is 0 Å². The Morgan fingerprint density at radius 1 is 1.64 bits per heavy atom. The van der Waals surface area contributed by atoms with Crippen molar-refractivity contribution in [1.29, 1.82) is 0 Å². The molecule has 0 aromatic carbocycles. The van der Waals surface area contributed by atoms with Gasteiger partial charge in [-0.1, -0.05) is 0 Å². The molecule has 2 aromatic rings. The summed E-state index contributed by atoms with van der Waals surface area (Å²) in [6.45, 7) is 0. The molecule has 2 heterocycles. The molecular weight excluding hydrogens is 207 g/mol. The molecule has 0 radical (unpaired) electrons. The highest BCUT2D eigenvalue weighted by Crippen LogP contribution is 2.13. The summed E-state index contributed by atoms with van der Waals surface area (Å²) in [6, 6.07) is 0. The number of carboxylic acid groups (broad SMARTS) is 1. The second kappa shape index (κ2) is 2.88. The highest BCUT2D eigenvalue weighted by molar-refractivity contribution is 7.14. The second-order valence-electron chi connectivity index (χ2n) is 2.53. The van der Waals surface area contributed by atoms with Gasteiger partial charge in [-0.05, 0) is 9.39 Å². The molecule has 0 aliphatic rings. The molecule has 8 heteroatoms. The Kier molecular flexibility index (Phi) is 1.82. The fourth-order valence-electron chi connectivity index (χ4n) is 1.13. The first-order valence-electron chi connectivity index (χ1n) is 3.56. The van der Waals surface area contributed by atoms with E-state index < -0.39 is 11.5 Å². The quantitative estimate of drug-likeness (QED) is 0.618. The van der Waals surface area contributed by atoms with Crippen LogP contribution in [0, 0.1) is 0 Å². The number of rotatable bonds is 1. The molecule has 0 fully saturated rings. The molecular formula is C6H5N4O3P. The lowest BCUT2D eigenvalue weighted by atomic mass is 10.3. The van der Waals surface area contributed by atoms with E-state index in [9.17, 15) is 9.59 Å². The third-order valence-corrected chi connectivity index (χ3v) is 2.06. The number of aromatic amines is 1. The molecule has 0 amide bonds. The molecule has 1 unspecified atom stereocenters. The van der Waals surface area contributed by atoms with Crippen LogP contribution in [0.3, 0.4) is 0 Å². The normalized spacial score (nSPS) is 10.6. The highest BCUT2D eigenvalue weighted by atomic mass is 31.0. The van der Waals surface area contributed by atoms with Gasteiger partial charge in [0.25, 0.3) is 5.56 Å². The van der Waals surface area contributed by atoms with Crippen LogP contribution < -0.4 is 5.56 Å². The van der Waals surface area contributed by atoms with Crippen LogP contribution in [0.4, 0.5) is 0 Å². The number of fused-ring (bicyclic) bond motifs is 1. The van der Waals surface area contributed by atoms with E-state index in [-0.39, 0.29) is 16.7 Å². The van der Waals surface area contributed by atoms with Crippen LogP contribution in [0.2, 0.25) is 0 Å². The van der Waals surface area contributed by atoms with Crippen LogP contribution >= 0.6 is 9.39 Å². The van der Waals surface area contributed by atoms with E-state index in [1.807, 2.05) is 0 Å². The predicted octanol–water partition coefficient (Wildman–Crippen LogP) is -0.544. The lowest BCUT2D eigenvalue weighted by Gasteiger charge is -1.88. The molecule has 0 aliphatic heterocycles. The number of carbonyl (C=O) groups is 1. The smallest absolute Gasteiger partial charge is 0.357 e. The van der Waals surface area contributed by atoms with E-state index >= 15 is 0 Å². The molecule has 1 atom stereocenters. The van der Waals surface area contributed by atoms with Crippen LogP contribution in [0.15, 0.2) is 11.1 Å². The SMILES string of the molecule is O=C(O)c1nn(P)c2nc[nH]c(=O)c12. The summed E-state index contributed by atoms with van der Waals surface area (Å²) in [7, 11) is 2.16. The Labute approximate surface area is 79.0 Å². The van der Waals surface area contributed by atoms with Gasteiger partial charge in [0.1, 0.15) is 5.39 Å². The first-order valence-corrected chi connectivity index (χ1v) is 4.07. The fourth-order valence-corrected chi connectivity index (χ4v) is 1.44. The first kappa shape index (κ1) is 8.83. The van der Waals surface area contributed by atoms with Gasteiger partial charge >= 0.3 is 5.97 Å². The molecule has 0 aliphatic carbocycles. The lowest BCUT2D eigenvalue weighted by Crippen LogP contribution is -2.09. The minimum absolute atomic E-state index is 0.0185. The Morgan fingerprint density at radius 2 is 2.36 bits per heavy atom. The predicted molar refractivity (Wildman–Crippen MR) is 50.2 cm³/mol. The van der Waals surface area contributed by atoms with Crippen molar-refractivity contribution < 1.29 is 9.90 Å². The molecule has 2 N–H and O–H groups in total. The van der Waals surface area contributed by atoms with E-state index in [4.69, 9.17) is 5.11 Å². The van der Waals surface area contributed by atoms with Gasteiger partial charge in [0.15, 0.2) is 11.3 Å². The van der Waals surface area contributed by atoms with E-state index in [1.54, 1.807) is 0 Å². The maximum atomic E-state index is 11.3. The Bertz CT molecular complexity index is 572.